The van der Waals surface area contributed by atoms with E-state index in [9.17, 15) is 0 Å². The molecule has 1 heterocycles. The van der Waals surface area contributed by atoms with Gasteiger partial charge in [-0.05, 0) is 31.6 Å². The van der Waals surface area contributed by atoms with Crippen LogP contribution in [-0.2, 0) is 0 Å². The van der Waals surface area contributed by atoms with Crippen molar-refractivity contribution in [1.82, 2.24) is 4.98 Å². The first-order chi connectivity index (χ1) is 8.78. The van der Waals surface area contributed by atoms with E-state index in [4.69, 9.17) is 4.74 Å². The molecule has 1 fully saturated rings. The Morgan fingerprint density at radius 2 is 2.28 bits per heavy atom. The Labute approximate surface area is 110 Å². The average Bonchev–Trinajstić information content (AvgIpc) is 2.37. The number of anilines is 1. The van der Waals surface area contributed by atoms with Crippen LogP contribution in [0.5, 0.6) is 5.75 Å². The van der Waals surface area contributed by atoms with Crippen molar-refractivity contribution in [1.29, 1.82) is 0 Å². The third-order valence-corrected chi connectivity index (χ3v) is 3.48. The summed E-state index contributed by atoms with van der Waals surface area (Å²) >= 11 is 0. The van der Waals surface area contributed by atoms with Gasteiger partial charge in [-0.1, -0.05) is 20.3 Å². The standard InChI is InChI=1S/C15H24N2O/c1-3-7-17-13-9-15(11-16-10-13)18-14-6-4-5-12(2)8-14/h9-12,14,17H,3-8H2,1-2H3. The second-order valence-corrected chi connectivity index (χ2v) is 5.35. The summed E-state index contributed by atoms with van der Waals surface area (Å²) in [6.07, 6.45) is 10.1. The van der Waals surface area contributed by atoms with Crippen LogP contribution in [0.4, 0.5) is 5.69 Å². The molecule has 2 rings (SSSR count). The maximum absolute atomic E-state index is 6.04. The fourth-order valence-corrected chi connectivity index (χ4v) is 2.53. The molecule has 1 aromatic rings. The van der Waals surface area contributed by atoms with Gasteiger partial charge in [-0.3, -0.25) is 4.98 Å². The highest BCUT2D eigenvalue weighted by Gasteiger charge is 2.20. The summed E-state index contributed by atoms with van der Waals surface area (Å²) < 4.78 is 6.04. The van der Waals surface area contributed by atoms with E-state index in [1.165, 1.54) is 25.7 Å². The topological polar surface area (TPSA) is 34.2 Å². The SMILES string of the molecule is CCCNc1cncc(OC2CCCC(C)C2)c1. The van der Waals surface area contributed by atoms with Crippen LogP contribution in [0.3, 0.4) is 0 Å². The summed E-state index contributed by atoms with van der Waals surface area (Å²) in [7, 11) is 0. The van der Waals surface area contributed by atoms with Crippen LogP contribution in [0.1, 0.15) is 46.0 Å². The molecule has 0 aromatic carbocycles. The van der Waals surface area contributed by atoms with Crippen LogP contribution in [0.2, 0.25) is 0 Å². The normalized spacial score (nSPS) is 23.7. The summed E-state index contributed by atoms with van der Waals surface area (Å²) in [4.78, 5) is 4.23. The maximum atomic E-state index is 6.04. The summed E-state index contributed by atoms with van der Waals surface area (Å²) in [6, 6.07) is 2.06. The van der Waals surface area contributed by atoms with E-state index in [1.54, 1.807) is 0 Å². The van der Waals surface area contributed by atoms with Gasteiger partial charge in [-0.2, -0.15) is 0 Å². The molecule has 2 atom stereocenters. The van der Waals surface area contributed by atoms with Crippen molar-refractivity contribution in [3.05, 3.63) is 18.5 Å². The molecule has 1 aromatic heterocycles. The molecule has 1 aliphatic carbocycles. The summed E-state index contributed by atoms with van der Waals surface area (Å²) in [5.41, 5.74) is 1.05. The molecule has 2 unspecified atom stereocenters. The molecular weight excluding hydrogens is 224 g/mol. The van der Waals surface area contributed by atoms with Gasteiger partial charge < -0.3 is 10.1 Å². The van der Waals surface area contributed by atoms with Crippen molar-refractivity contribution in [2.75, 3.05) is 11.9 Å². The predicted molar refractivity (Wildman–Crippen MR) is 75.1 cm³/mol. The Morgan fingerprint density at radius 1 is 1.39 bits per heavy atom. The number of rotatable bonds is 5. The lowest BCUT2D eigenvalue weighted by Gasteiger charge is -2.27. The van der Waals surface area contributed by atoms with Gasteiger partial charge in [0.2, 0.25) is 0 Å². The van der Waals surface area contributed by atoms with Crippen molar-refractivity contribution in [3.63, 3.8) is 0 Å². The zero-order valence-corrected chi connectivity index (χ0v) is 11.5. The summed E-state index contributed by atoms with van der Waals surface area (Å²) in [5, 5.41) is 3.34. The molecule has 1 N–H and O–H groups in total. The highest BCUT2D eigenvalue weighted by molar-refractivity contribution is 5.45. The molecule has 0 bridgehead atoms. The minimum absolute atomic E-state index is 0.372. The van der Waals surface area contributed by atoms with Crippen molar-refractivity contribution in [2.45, 2.75) is 52.1 Å². The summed E-state index contributed by atoms with van der Waals surface area (Å²) in [5.74, 6) is 1.69. The maximum Gasteiger partial charge on any atom is 0.140 e. The Morgan fingerprint density at radius 3 is 3.06 bits per heavy atom. The van der Waals surface area contributed by atoms with Gasteiger partial charge in [0.05, 0.1) is 24.2 Å². The van der Waals surface area contributed by atoms with Gasteiger partial charge in [0, 0.05) is 12.6 Å². The number of aromatic nitrogens is 1. The van der Waals surface area contributed by atoms with Gasteiger partial charge in [-0.25, -0.2) is 0 Å². The van der Waals surface area contributed by atoms with Crippen LogP contribution >= 0.6 is 0 Å². The average molecular weight is 248 g/mol. The lowest BCUT2D eigenvalue weighted by Crippen LogP contribution is -2.24. The zero-order valence-electron chi connectivity index (χ0n) is 11.5. The number of nitrogens with zero attached hydrogens (tertiary/aromatic N) is 1. The Kier molecular flexibility index (Phi) is 4.85. The number of hydrogen-bond donors (Lipinski definition) is 1. The monoisotopic (exact) mass is 248 g/mol. The van der Waals surface area contributed by atoms with E-state index < -0.39 is 0 Å². The third kappa shape index (κ3) is 3.90. The molecule has 1 aliphatic rings. The largest absolute Gasteiger partial charge is 0.489 e. The van der Waals surface area contributed by atoms with Gasteiger partial charge in [-0.15, -0.1) is 0 Å². The molecule has 18 heavy (non-hydrogen) atoms. The molecule has 100 valence electrons. The molecule has 0 spiro atoms. The van der Waals surface area contributed by atoms with Gasteiger partial charge in [0.25, 0.3) is 0 Å². The second kappa shape index (κ2) is 6.62. The Bertz CT molecular complexity index is 367. The first-order valence-electron chi connectivity index (χ1n) is 7.13. The van der Waals surface area contributed by atoms with E-state index in [1.807, 2.05) is 12.4 Å². The van der Waals surface area contributed by atoms with Gasteiger partial charge >= 0.3 is 0 Å². The first-order valence-corrected chi connectivity index (χ1v) is 7.13. The summed E-state index contributed by atoms with van der Waals surface area (Å²) in [6.45, 7) is 5.45. The fourth-order valence-electron chi connectivity index (χ4n) is 2.53. The highest BCUT2D eigenvalue weighted by Crippen LogP contribution is 2.27. The third-order valence-electron chi connectivity index (χ3n) is 3.48. The molecular formula is C15H24N2O. The molecule has 0 radical (unpaired) electrons. The van der Waals surface area contributed by atoms with E-state index in [2.05, 4.69) is 30.2 Å². The van der Waals surface area contributed by atoms with Crippen molar-refractivity contribution in [3.8, 4) is 5.75 Å². The number of pyridine rings is 1. The van der Waals surface area contributed by atoms with Gasteiger partial charge in [0.1, 0.15) is 5.75 Å². The van der Waals surface area contributed by atoms with Crippen LogP contribution in [0, 0.1) is 5.92 Å². The molecule has 3 nitrogen and oxygen atoms in total. The lowest BCUT2D eigenvalue weighted by atomic mass is 9.89. The highest BCUT2D eigenvalue weighted by atomic mass is 16.5. The van der Waals surface area contributed by atoms with Crippen molar-refractivity contribution in [2.24, 2.45) is 5.92 Å². The van der Waals surface area contributed by atoms with Crippen LogP contribution in [0.15, 0.2) is 18.5 Å². The van der Waals surface area contributed by atoms with E-state index in [0.29, 0.717) is 6.10 Å². The fraction of sp³-hybridized carbons (Fsp3) is 0.667. The number of ether oxygens (including phenoxy) is 1. The Balaban J connectivity index is 1.91. The first kappa shape index (κ1) is 13.2. The quantitative estimate of drug-likeness (QED) is 0.859. The molecule has 1 saturated carbocycles. The van der Waals surface area contributed by atoms with Crippen LogP contribution < -0.4 is 10.1 Å². The Hall–Kier alpha value is -1.25. The minimum atomic E-state index is 0.372. The van der Waals surface area contributed by atoms with E-state index >= 15 is 0 Å². The number of nitrogens with one attached hydrogen (secondary N) is 1. The van der Waals surface area contributed by atoms with Crippen molar-refractivity contribution < 1.29 is 4.74 Å². The van der Waals surface area contributed by atoms with Crippen LogP contribution in [-0.4, -0.2) is 17.6 Å². The molecule has 0 saturated heterocycles. The predicted octanol–water partition coefficient (Wildman–Crippen LogP) is 3.86. The molecule has 0 aliphatic heterocycles. The molecule has 3 heteroatoms. The van der Waals surface area contributed by atoms with Crippen molar-refractivity contribution >= 4 is 5.69 Å². The smallest absolute Gasteiger partial charge is 0.140 e. The second-order valence-electron chi connectivity index (χ2n) is 5.35. The minimum Gasteiger partial charge on any atom is -0.489 e. The lowest BCUT2D eigenvalue weighted by molar-refractivity contribution is 0.129. The van der Waals surface area contributed by atoms with E-state index in [0.717, 1.165) is 30.3 Å². The van der Waals surface area contributed by atoms with E-state index in [-0.39, 0.29) is 0 Å². The number of hydrogen-bond acceptors (Lipinski definition) is 3. The molecule has 0 amide bonds. The van der Waals surface area contributed by atoms with Gasteiger partial charge in [0.15, 0.2) is 0 Å². The van der Waals surface area contributed by atoms with Crippen LogP contribution in [0.25, 0.3) is 0 Å². The zero-order chi connectivity index (χ0) is 12.8.